The van der Waals surface area contributed by atoms with Gasteiger partial charge in [-0.15, -0.1) is 0 Å². The Balaban J connectivity index is 1.83. The Morgan fingerprint density at radius 2 is 1.86 bits per heavy atom. The van der Waals surface area contributed by atoms with Crippen LogP contribution in [0.1, 0.15) is 50.7 Å². The second kappa shape index (κ2) is 8.27. The van der Waals surface area contributed by atoms with Crippen molar-refractivity contribution in [3.05, 3.63) is 59.4 Å². The number of fused-ring (bicyclic) bond motifs is 1. The summed E-state index contributed by atoms with van der Waals surface area (Å²) in [5.74, 6) is 1.76. The summed E-state index contributed by atoms with van der Waals surface area (Å²) in [4.78, 5) is 17.3. The lowest BCUT2D eigenvalue weighted by Gasteiger charge is -2.22. The number of rotatable bonds is 6. The monoisotopic (exact) mass is 393 g/mol. The first-order chi connectivity index (χ1) is 13.7. The van der Waals surface area contributed by atoms with Gasteiger partial charge in [-0.1, -0.05) is 45.0 Å². The molecule has 0 aliphatic rings. The van der Waals surface area contributed by atoms with Crippen molar-refractivity contribution in [1.29, 1.82) is 0 Å². The maximum absolute atomic E-state index is 12.5. The third-order valence-corrected chi connectivity index (χ3v) is 5.23. The van der Waals surface area contributed by atoms with Gasteiger partial charge < -0.3 is 14.6 Å². The lowest BCUT2D eigenvalue weighted by atomic mass is 9.95. The van der Waals surface area contributed by atoms with Gasteiger partial charge >= 0.3 is 0 Å². The highest BCUT2D eigenvalue weighted by Crippen LogP contribution is 2.24. The van der Waals surface area contributed by atoms with Crippen molar-refractivity contribution < 1.29 is 9.53 Å². The number of para-hydroxylation sites is 2. The van der Waals surface area contributed by atoms with Gasteiger partial charge in [0.05, 0.1) is 23.6 Å². The number of benzene rings is 2. The number of carbonyl (C=O) groups is 1. The van der Waals surface area contributed by atoms with Crippen LogP contribution in [0.3, 0.4) is 0 Å². The first-order valence-electron chi connectivity index (χ1n) is 10.1. The van der Waals surface area contributed by atoms with Gasteiger partial charge in [-0.25, -0.2) is 4.98 Å². The Hall–Kier alpha value is -2.82. The first-order valence-corrected chi connectivity index (χ1v) is 10.1. The summed E-state index contributed by atoms with van der Waals surface area (Å²) in [7, 11) is 0. The molecule has 0 spiro atoms. The van der Waals surface area contributed by atoms with E-state index in [0.29, 0.717) is 13.2 Å². The van der Waals surface area contributed by atoms with Crippen LogP contribution in [0.15, 0.2) is 42.5 Å². The molecule has 1 amide bonds. The lowest BCUT2D eigenvalue weighted by Crippen LogP contribution is -2.37. The van der Waals surface area contributed by atoms with Crippen molar-refractivity contribution in [2.24, 2.45) is 5.41 Å². The summed E-state index contributed by atoms with van der Waals surface area (Å²) in [5, 5.41) is 3.10. The third kappa shape index (κ3) is 4.61. The van der Waals surface area contributed by atoms with E-state index in [0.717, 1.165) is 28.2 Å². The van der Waals surface area contributed by atoms with Gasteiger partial charge in [-0.3, -0.25) is 4.79 Å². The minimum Gasteiger partial charge on any atom is -0.491 e. The fourth-order valence-corrected chi connectivity index (χ4v) is 3.26. The third-order valence-electron chi connectivity index (χ3n) is 5.23. The van der Waals surface area contributed by atoms with Crippen LogP contribution in [0.25, 0.3) is 11.0 Å². The van der Waals surface area contributed by atoms with Crippen molar-refractivity contribution in [2.45, 2.75) is 54.1 Å². The molecule has 1 heterocycles. The highest BCUT2D eigenvalue weighted by molar-refractivity contribution is 5.82. The second-order valence-corrected chi connectivity index (χ2v) is 8.60. The number of aryl methyl sites for hydroxylation is 1. The molecule has 1 unspecified atom stereocenters. The van der Waals surface area contributed by atoms with Crippen molar-refractivity contribution in [2.75, 3.05) is 6.61 Å². The van der Waals surface area contributed by atoms with Crippen LogP contribution in [0, 0.1) is 19.3 Å². The minimum atomic E-state index is -0.448. The molecule has 0 saturated carbocycles. The van der Waals surface area contributed by atoms with Gasteiger partial charge in [0.25, 0.3) is 0 Å². The number of ether oxygens (including phenoxy) is 1. The summed E-state index contributed by atoms with van der Waals surface area (Å²) >= 11 is 0. The molecule has 0 bridgehead atoms. The van der Waals surface area contributed by atoms with Gasteiger partial charge in [-0.2, -0.15) is 0 Å². The van der Waals surface area contributed by atoms with E-state index in [1.807, 2.05) is 58.0 Å². The molecule has 0 aliphatic heterocycles. The largest absolute Gasteiger partial charge is 0.491 e. The van der Waals surface area contributed by atoms with Crippen LogP contribution >= 0.6 is 0 Å². The average molecular weight is 394 g/mol. The zero-order valence-electron chi connectivity index (χ0n) is 18.2. The van der Waals surface area contributed by atoms with Gasteiger partial charge in [0.1, 0.15) is 18.2 Å². The van der Waals surface area contributed by atoms with E-state index in [4.69, 9.17) is 9.72 Å². The van der Waals surface area contributed by atoms with Crippen molar-refractivity contribution in [3.63, 3.8) is 0 Å². The fourth-order valence-electron chi connectivity index (χ4n) is 3.26. The van der Waals surface area contributed by atoms with E-state index in [1.54, 1.807) is 0 Å². The number of aromatic nitrogens is 2. The maximum atomic E-state index is 12.5. The van der Waals surface area contributed by atoms with Crippen LogP contribution < -0.4 is 10.1 Å². The van der Waals surface area contributed by atoms with Crippen LogP contribution in [0.5, 0.6) is 5.75 Å². The molecule has 3 rings (SSSR count). The Labute approximate surface area is 173 Å². The molecule has 0 radical (unpaired) electrons. The number of hydrogen-bond donors (Lipinski definition) is 1. The SMILES string of the molecule is Cc1cccc(OCCn2c(C(C)NC(=O)C(C)(C)C)nc3ccccc32)c1C. The van der Waals surface area contributed by atoms with Crippen LogP contribution in [-0.2, 0) is 11.3 Å². The maximum Gasteiger partial charge on any atom is 0.225 e. The molecule has 5 heteroatoms. The molecule has 29 heavy (non-hydrogen) atoms. The number of hydrogen-bond acceptors (Lipinski definition) is 3. The molecule has 0 saturated heterocycles. The molecule has 1 atom stereocenters. The molecule has 1 aromatic heterocycles. The fraction of sp³-hybridized carbons (Fsp3) is 0.417. The van der Waals surface area contributed by atoms with Crippen LogP contribution in [0.4, 0.5) is 0 Å². The number of imidazole rings is 1. The highest BCUT2D eigenvalue weighted by atomic mass is 16.5. The van der Waals surface area contributed by atoms with E-state index >= 15 is 0 Å². The molecule has 5 nitrogen and oxygen atoms in total. The zero-order valence-corrected chi connectivity index (χ0v) is 18.2. The van der Waals surface area contributed by atoms with Crippen LogP contribution in [0.2, 0.25) is 0 Å². The minimum absolute atomic E-state index is 0.00948. The van der Waals surface area contributed by atoms with Crippen molar-refractivity contribution >= 4 is 16.9 Å². The molecular formula is C24H31N3O2. The van der Waals surface area contributed by atoms with Gasteiger partial charge in [-0.05, 0) is 50.1 Å². The summed E-state index contributed by atoms with van der Waals surface area (Å²) in [6.07, 6.45) is 0. The van der Waals surface area contributed by atoms with Gasteiger partial charge in [0.15, 0.2) is 0 Å². The quantitative estimate of drug-likeness (QED) is 0.644. The first kappa shape index (κ1) is 20.9. The molecule has 154 valence electrons. The number of amides is 1. The lowest BCUT2D eigenvalue weighted by molar-refractivity contribution is -0.129. The molecule has 2 aromatic carbocycles. The zero-order chi connectivity index (χ0) is 21.2. The molecule has 0 aliphatic carbocycles. The highest BCUT2D eigenvalue weighted by Gasteiger charge is 2.25. The van der Waals surface area contributed by atoms with Crippen molar-refractivity contribution in [1.82, 2.24) is 14.9 Å². The van der Waals surface area contributed by atoms with Crippen LogP contribution in [-0.4, -0.2) is 22.1 Å². The number of nitrogens with one attached hydrogen (secondary N) is 1. The molecular weight excluding hydrogens is 362 g/mol. The standard InChI is InChI=1S/C24H31N3O2/c1-16-10-9-13-21(17(16)2)29-15-14-27-20-12-8-7-11-19(20)26-22(27)18(3)25-23(28)24(4,5)6/h7-13,18H,14-15H2,1-6H3,(H,25,28). The smallest absolute Gasteiger partial charge is 0.225 e. The summed E-state index contributed by atoms with van der Waals surface area (Å²) in [5.41, 5.74) is 3.90. The summed E-state index contributed by atoms with van der Waals surface area (Å²) in [6.45, 7) is 13.1. The average Bonchev–Trinajstić information content (AvgIpc) is 3.03. The predicted molar refractivity (Wildman–Crippen MR) is 117 cm³/mol. The Kier molecular flexibility index (Phi) is 5.96. The van der Waals surface area contributed by atoms with E-state index in [2.05, 4.69) is 35.9 Å². The van der Waals surface area contributed by atoms with Crippen molar-refractivity contribution in [3.8, 4) is 5.75 Å². The van der Waals surface area contributed by atoms with E-state index in [9.17, 15) is 4.79 Å². The molecule has 0 fully saturated rings. The molecule has 3 aromatic rings. The normalized spacial score (nSPS) is 12.8. The number of carbonyl (C=O) groups excluding carboxylic acids is 1. The van der Waals surface area contributed by atoms with Gasteiger partial charge in [0.2, 0.25) is 5.91 Å². The Morgan fingerprint density at radius 1 is 1.14 bits per heavy atom. The second-order valence-electron chi connectivity index (χ2n) is 8.60. The molecule has 1 N–H and O–H groups in total. The van der Waals surface area contributed by atoms with Gasteiger partial charge in [0, 0.05) is 5.41 Å². The van der Waals surface area contributed by atoms with E-state index in [-0.39, 0.29) is 11.9 Å². The summed E-state index contributed by atoms with van der Waals surface area (Å²) < 4.78 is 8.22. The summed E-state index contributed by atoms with van der Waals surface area (Å²) in [6, 6.07) is 13.9. The Morgan fingerprint density at radius 3 is 2.59 bits per heavy atom. The van der Waals surface area contributed by atoms with E-state index in [1.165, 1.54) is 5.56 Å². The predicted octanol–water partition coefficient (Wildman–Crippen LogP) is 4.96. The van der Waals surface area contributed by atoms with E-state index < -0.39 is 5.41 Å². The number of nitrogens with zero attached hydrogens (tertiary/aromatic N) is 2. The topological polar surface area (TPSA) is 56.1 Å². The Bertz CT molecular complexity index is 1010.